The van der Waals surface area contributed by atoms with Crippen molar-refractivity contribution in [3.05, 3.63) is 41.5 Å². The third-order valence-electron chi connectivity index (χ3n) is 6.29. The van der Waals surface area contributed by atoms with Crippen molar-refractivity contribution in [3.63, 3.8) is 0 Å². The Morgan fingerprint density at radius 1 is 1.04 bits per heavy atom. The van der Waals surface area contributed by atoms with E-state index in [1.165, 1.54) is 17.7 Å². The van der Waals surface area contributed by atoms with Crippen molar-refractivity contribution < 1.29 is 4.79 Å². The highest BCUT2D eigenvalue weighted by Gasteiger charge is 2.31. The van der Waals surface area contributed by atoms with Gasteiger partial charge in [-0.15, -0.1) is 0 Å². The van der Waals surface area contributed by atoms with Gasteiger partial charge in [-0.25, -0.2) is 0 Å². The fourth-order valence-electron chi connectivity index (χ4n) is 4.75. The number of carbonyl (C=O) groups excluding carboxylic acids is 1. The van der Waals surface area contributed by atoms with Crippen LogP contribution in [0.1, 0.15) is 37.7 Å². The lowest BCUT2D eigenvalue weighted by atomic mass is 10.0. The molecule has 1 amide bonds. The van der Waals surface area contributed by atoms with E-state index in [0.717, 1.165) is 70.5 Å². The summed E-state index contributed by atoms with van der Waals surface area (Å²) >= 11 is 0. The molecule has 0 unspecified atom stereocenters. The molecular weight excluding hydrogens is 322 g/mol. The van der Waals surface area contributed by atoms with Gasteiger partial charge in [-0.3, -0.25) is 9.69 Å². The van der Waals surface area contributed by atoms with E-state index in [1.54, 1.807) is 0 Å². The number of likely N-dealkylation sites (tertiary alicyclic amines) is 1. The first-order chi connectivity index (χ1) is 12.7. The predicted molar refractivity (Wildman–Crippen MR) is 107 cm³/mol. The molecule has 0 spiro atoms. The molecule has 0 bridgehead atoms. The van der Waals surface area contributed by atoms with Gasteiger partial charge in [-0.1, -0.05) is 24.3 Å². The molecule has 2 heterocycles. The van der Waals surface area contributed by atoms with Crippen molar-refractivity contribution in [3.8, 4) is 0 Å². The second kappa shape index (κ2) is 7.83. The monoisotopic (exact) mass is 353 g/mol. The number of amides is 1. The van der Waals surface area contributed by atoms with Gasteiger partial charge in [0.05, 0.1) is 0 Å². The van der Waals surface area contributed by atoms with E-state index in [-0.39, 0.29) is 0 Å². The Bertz CT molecular complexity index is 676. The van der Waals surface area contributed by atoms with Gasteiger partial charge >= 0.3 is 0 Å². The first kappa shape index (κ1) is 17.6. The number of piperidine rings is 1. The van der Waals surface area contributed by atoms with Gasteiger partial charge in [0, 0.05) is 56.6 Å². The van der Waals surface area contributed by atoms with Gasteiger partial charge < -0.3 is 9.80 Å². The van der Waals surface area contributed by atoms with E-state index in [0.29, 0.717) is 11.9 Å². The number of carbonyl (C=O) groups is 1. The number of para-hydroxylation sites is 1. The summed E-state index contributed by atoms with van der Waals surface area (Å²) in [6.45, 7) is 8.43. The summed E-state index contributed by atoms with van der Waals surface area (Å²) in [4.78, 5) is 20.0. The molecule has 4 heteroatoms. The summed E-state index contributed by atoms with van der Waals surface area (Å²) in [5, 5.41) is 0. The molecule has 0 N–H and O–H groups in total. The number of allylic oxidation sites excluding steroid dienone is 1. The maximum Gasteiger partial charge on any atom is 0.249 e. The summed E-state index contributed by atoms with van der Waals surface area (Å²) < 4.78 is 0. The minimum absolute atomic E-state index is 0.311. The maximum absolute atomic E-state index is 12.7. The fourth-order valence-corrected chi connectivity index (χ4v) is 4.75. The highest BCUT2D eigenvalue weighted by atomic mass is 16.2. The quantitative estimate of drug-likeness (QED) is 0.835. The second-order valence-corrected chi connectivity index (χ2v) is 7.98. The van der Waals surface area contributed by atoms with Crippen LogP contribution in [-0.2, 0) is 4.79 Å². The average molecular weight is 354 g/mol. The van der Waals surface area contributed by atoms with E-state index in [1.807, 2.05) is 0 Å². The minimum Gasteiger partial charge on any atom is -0.369 e. The number of hydrogen-bond donors (Lipinski definition) is 0. The molecule has 0 radical (unpaired) electrons. The Balaban J connectivity index is 1.34. The van der Waals surface area contributed by atoms with Crippen LogP contribution in [0.25, 0.3) is 0 Å². The van der Waals surface area contributed by atoms with E-state index in [2.05, 4.69) is 52.0 Å². The normalized spacial score (nSPS) is 24.7. The Morgan fingerprint density at radius 3 is 2.58 bits per heavy atom. The van der Waals surface area contributed by atoms with Crippen molar-refractivity contribution in [2.45, 2.75) is 45.1 Å². The number of hydrogen-bond acceptors (Lipinski definition) is 3. The lowest BCUT2D eigenvalue weighted by Crippen LogP contribution is -2.56. The second-order valence-electron chi connectivity index (χ2n) is 7.98. The van der Waals surface area contributed by atoms with Crippen molar-refractivity contribution in [2.75, 3.05) is 44.2 Å². The zero-order valence-corrected chi connectivity index (χ0v) is 16.0. The van der Waals surface area contributed by atoms with Crippen LogP contribution in [-0.4, -0.2) is 61.0 Å². The topological polar surface area (TPSA) is 26.8 Å². The zero-order valence-electron chi connectivity index (χ0n) is 16.0. The molecule has 26 heavy (non-hydrogen) atoms. The molecule has 1 aliphatic carbocycles. The number of nitrogens with zero attached hydrogens (tertiary/aromatic N) is 3. The van der Waals surface area contributed by atoms with E-state index in [9.17, 15) is 4.79 Å². The van der Waals surface area contributed by atoms with Crippen molar-refractivity contribution >= 4 is 11.6 Å². The van der Waals surface area contributed by atoms with Gasteiger partial charge in [-0.2, -0.15) is 0 Å². The molecule has 140 valence electrons. The smallest absolute Gasteiger partial charge is 0.249 e. The summed E-state index contributed by atoms with van der Waals surface area (Å²) in [7, 11) is 0. The highest BCUT2D eigenvalue weighted by Crippen LogP contribution is 2.25. The van der Waals surface area contributed by atoms with Crippen LogP contribution in [0.2, 0.25) is 0 Å². The van der Waals surface area contributed by atoms with Gasteiger partial charge in [0.25, 0.3) is 0 Å². The van der Waals surface area contributed by atoms with Crippen LogP contribution in [0.15, 0.2) is 35.9 Å². The van der Waals surface area contributed by atoms with Crippen molar-refractivity contribution in [1.82, 2.24) is 9.80 Å². The van der Waals surface area contributed by atoms with Gasteiger partial charge in [0.15, 0.2) is 0 Å². The van der Waals surface area contributed by atoms with E-state index in [4.69, 9.17) is 0 Å². The zero-order chi connectivity index (χ0) is 17.9. The third-order valence-corrected chi connectivity index (χ3v) is 6.29. The molecule has 2 saturated heterocycles. The first-order valence-electron chi connectivity index (χ1n) is 10.3. The van der Waals surface area contributed by atoms with Crippen LogP contribution in [0.5, 0.6) is 0 Å². The van der Waals surface area contributed by atoms with E-state index < -0.39 is 0 Å². The molecule has 4 rings (SSSR count). The molecule has 1 aromatic carbocycles. The molecule has 2 aliphatic heterocycles. The predicted octanol–water partition coefficient (Wildman–Crippen LogP) is 3.22. The number of piperazine rings is 1. The van der Waals surface area contributed by atoms with Crippen LogP contribution in [0.4, 0.5) is 5.69 Å². The molecule has 0 saturated carbocycles. The lowest BCUT2D eigenvalue weighted by molar-refractivity contribution is -0.129. The Labute approximate surface area is 157 Å². The fraction of sp³-hybridized carbons (Fsp3) is 0.591. The molecule has 3 aliphatic rings. The number of aryl methyl sites for hydroxylation is 1. The maximum atomic E-state index is 12.7. The van der Waals surface area contributed by atoms with Gasteiger partial charge in [0.1, 0.15) is 0 Å². The van der Waals surface area contributed by atoms with Crippen molar-refractivity contribution in [2.24, 2.45) is 0 Å². The Kier molecular flexibility index (Phi) is 5.30. The summed E-state index contributed by atoms with van der Waals surface area (Å²) in [5.41, 5.74) is 3.80. The van der Waals surface area contributed by atoms with Crippen LogP contribution in [0.3, 0.4) is 0 Å². The molecular formula is C22H31N3O. The molecule has 0 aromatic heterocycles. The Morgan fingerprint density at radius 2 is 1.85 bits per heavy atom. The number of benzene rings is 1. The standard InChI is InChI=1S/C22H31N3O/c1-18-7-2-5-11-21(18)24-15-13-23(14-16-24)20-10-6-12-25(17-20)22(26)19-8-3-4-9-19/h2,5,7-8,11,20H,3-4,6,9-10,12-17H2,1H3/t20-/m0/s1. The van der Waals surface area contributed by atoms with Gasteiger partial charge in [0.2, 0.25) is 5.91 Å². The molecule has 1 atom stereocenters. The van der Waals surface area contributed by atoms with E-state index >= 15 is 0 Å². The van der Waals surface area contributed by atoms with Crippen LogP contribution < -0.4 is 4.90 Å². The molecule has 2 fully saturated rings. The van der Waals surface area contributed by atoms with Gasteiger partial charge in [-0.05, 0) is 50.7 Å². The SMILES string of the molecule is Cc1ccccc1N1CCN([C@H]2CCCN(C(=O)C3=CCCC3)C2)CC1. The number of rotatable bonds is 3. The average Bonchev–Trinajstić information content (AvgIpc) is 3.23. The Hall–Kier alpha value is -1.81. The van der Waals surface area contributed by atoms with Crippen molar-refractivity contribution in [1.29, 1.82) is 0 Å². The van der Waals surface area contributed by atoms with Crippen LogP contribution in [0, 0.1) is 6.92 Å². The minimum atomic E-state index is 0.311. The molecule has 4 nitrogen and oxygen atoms in total. The first-order valence-corrected chi connectivity index (χ1v) is 10.3. The lowest BCUT2D eigenvalue weighted by Gasteiger charge is -2.44. The summed E-state index contributed by atoms with van der Waals surface area (Å²) in [6, 6.07) is 9.22. The number of anilines is 1. The summed E-state index contributed by atoms with van der Waals surface area (Å²) in [6.07, 6.45) is 7.75. The third kappa shape index (κ3) is 3.66. The summed E-state index contributed by atoms with van der Waals surface area (Å²) in [5.74, 6) is 0.311. The molecule has 1 aromatic rings. The largest absolute Gasteiger partial charge is 0.369 e. The highest BCUT2D eigenvalue weighted by molar-refractivity contribution is 5.93. The van der Waals surface area contributed by atoms with Crippen LogP contribution >= 0.6 is 0 Å².